The van der Waals surface area contributed by atoms with Crippen LogP contribution in [0.25, 0.3) is 5.82 Å². The highest BCUT2D eigenvalue weighted by Gasteiger charge is 2.33. The number of carbonyl (C=O) groups excluding carboxylic acids is 1. The highest BCUT2D eigenvalue weighted by molar-refractivity contribution is 6.05. The molecule has 44 heavy (non-hydrogen) atoms. The summed E-state index contributed by atoms with van der Waals surface area (Å²) in [6.07, 6.45) is 2.57. The van der Waals surface area contributed by atoms with Crippen LogP contribution in [0.4, 0.5) is 42.0 Å². The summed E-state index contributed by atoms with van der Waals surface area (Å²) in [6, 6.07) is 11.2. The zero-order valence-electron chi connectivity index (χ0n) is 24.5. The number of nitrogens with one attached hydrogen (secondary N) is 3. The summed E-state index contributed by atoms with van der Waals surface area (Å²) in [6.45, 7) is 7.45. The van der Waals surface area contributed by atoms with E-state index in [-0.39, 0.29) is 5.56 Å². The fourth-order valence-electron chi connectivity index (χ4n) is 5.21. The van der Waals surface area contributed by atoms with Crippen LogP contribution in [0, 0.1) is 6.92 Å². The number of amides is 1. The molecule has 1 aliphatic heterocycles. The first kappa shape index (κ1) is 29.4. The molecule has 1 amide bonds. The molecule has 6 rings (SSSR count). The van der Waals surface area contributed by atoms with Crippen molar-refractivity contribution in [1.82, 2.24) is 24.4 Å². The molecule has 1 aliphatic carbocycles. The first-order chi connectivity index (χ1) is 21.2. The molecule has 3 N–H and O–H groups in total. The highest BCUT2D eigenvalue weighted by Crippen LogP contribution is 2.34. The summed E-state index contributed by atoms with van der Waals surface area (Å²) in [7, 11) is 0. The molecule has 2 aromatic carbocycles. The van der Waals surface area contributed by atoms with E-state index in [1.54, 1.807) is 29.1 Å². The summed E-state index contributed by atoms with van der Waals surface area (Å²) in [5, 5.41) is 9.48. The minimum absolute atomic E-state index is 0.0552. The van der Waals surface area contributed by atoms with Crippen LogP contribution in [0.1, 0.15) is 41.3 Å². The second kappa shape index (κ2) is 12.2. The van der Waals surface area contributed by atoms with Crippen molar-refractivity contribution in [3.05, 3.63) is 77.9 Å². The third-order valence-electron chi connectivity index (χ3n) is 7.99. The number of carbonyl (C=O) groups is 1. The number of halogens is 3. The molecule has 2 aromatic heterocycles. The third kappa shape index (κ3) is 6.62. The maximum absolute atomic E-state index is 13.9. The van der Waals surface area contributed by atoms with Crippen LogP contribution in [-0.2, 0) is 6.18 Å². The first-order valence-corrected chi connectivity index (χ1v) is 14.7. The van der Waals surface area contributed by atoms with Gasteiger partial charge in [0.1, 0.15) is 18.0 Å². The molecular weight excluding hydrogens is 571 g/mol. The molecule has 230 valence electrons. The van der Waals surface area contributed by atoms with Crippen LogP contribution < -0.4 is 20.9 Å². The van der Waals surface area contributed by atoms with Crippen molar-refractivity contribution in [1.29, 1.82) is 0 Å². The van der Waals surface area contributed by atoms with Crippen molar-refractivity contribution >= 4 is 34.7 Å². The summed E-state index contributed by atoms with van der Waals surface area (Å²) >= 11 is 0. The fourth-order valence-corrected chi connectivity index (χ4v) is 5.21. The van der Waals surface area contributed by atoms with E-state index in [4.69, 9.17) is 0 Å². The second-order valence-electron chi connectivity index (χ2n) is 11.0. The number of benzene rings is 2. The minimum Gasteiger partial charge on any atom is -0.369 e. The largest absolute Gasteiger partial charge is 0.416 e. The Balaban J connectivity index is 1.22. The Hall–Kier alpha value is -4.65. The highest BCUT2D eigenvalue weighted by atomic mass is 19.4. The summed E-state index contributed by atoms with van der Waals surface area (Å²) in [5.41, 5.74) is 1.31. The lowest BCUT2D eigenvalue weighted by atomic mass is 10.1. The number of hydrogen-bond donors (Lipinski definition) is 3. The van der Waals surface area contributed by atoms with Crippen molar-refractivity contribution in [3.63, 3.8) is 0 Å². The summed E-state index contributed by atoms with van der Waals surface area (Å²) in [5.74, 6) is 1.24. The van der Waals surface area contributed by atoms with E-state index in [1.165, 1.54) is 12.4 Å². The molecule has 13 heteroatoms. The topological polar surface area (TPSA) is 103 Å². The Kier molecular flexibility index (Phi) is 8.13. The second-order valence-corrected chi connectivity index (χ2v) is 11.0. The van der Waals surface area contributed by atoms with Gasteiger partial charge in [-0.25, -0.2) is 15.0 Å². The maximum atomic E-state index is 13.9. The van der Waals surface area contributed by atoms with E-state index in [1.807, 2.05) is 24.0 Å². The monoisotopic (exact) mass is 605 g/mol. The van der Waals surface area contributed by atoms with Gasteiger partial charge in [0.15, 0.2) is 0 Å². The van der Waals surface area contributed by atoms with E-state index in [2.05, 4.69) is 42.7 Å². The van der Waals surface area contributed by atoms with Gasteiger partial charge >= 0.3 is 6.18 Å². The number of alkyl halides is 3. The zero-order chi connectivity index (χ0) is 30.8. The van der Waals surface area contributed by atoms with Crippen molar-refractivity contribution < 1.29 is 18.0 Å². The average Bonchev–Trinajstić information content (AvgIpc) is 3.72. The van der Waals surface area contributed by atoms with Crippen molar-refractivity contribution in [3.8, 4) is 5.82 Å². The van der Waals surface area contributed by atoms with E-state index in [0.29, 0.717) is 53.5 Å². The number of rotatable bonds is 9. The van der Waals surface area contributed by atoms with Gasteiger partial charge in [0.25, 0.3) is 5.91 Å². The molecule has 1 saturated carbocycles. The Bertz CT molecular complexity index is 1640. The van der Waals surface area contributed by atoms with Crippen LogP contribution >= 0.6 is 0 Å². The van der Waals surface area contributed by atoms with Crippen molar-refractivity contribution in [2.24, 2.45) is 0 Å². The number of piperazine rings is 1. The molecular formula is C31H34F3N9O. The SMILES string of the molecule is CCN1CCN(c2cc(C(=O)Nc3cccc(Nc4nccn4-c4cc(NC5CC5)ncn4)c3C)cc(C(F)(F)F)c2)CC1. The zero-order valence-corrected chi connectivity index (χ0v) is 24.5. The molecule has 3 heterocycles. The standard InChI is InChI=1S/C31H34F3N9O/c1-3-41-11-13-42(14-12-41)24-16-21(15-22(17-24)31(32,33)34)29(44)39-25-5-4-6-26(20(25)2)40-30-35-9-10-43(30)28-18-27(36-19-37-28)38-23-7-8-23/h4-6,9-10,15-19,23H,3,7-8,11-14H2,1-2H3,(H,35,40)(H,39,44)(H,36,37,38). The lowest BCUT2D eigenvalue weighted by Gasteiger charge is -2.36. The maximum Gasteiger partial charge on any atom is 0.416 e. The molecule has 0 unspecified atom stereocenters. The number of hydrogen-bond acceptors (Lipinski definition) is 8. The van der Waals surface area contributed by atoms with E-state index >= 15 is 0 Å². The van der Waals surface area contributed by atoms with Crippen LogP contribution in [-0.4, -0.2) is 69.1 Å². The molecule has 0 atom stereocenters. The number of imidazole rings is 1. The van der Waals surface area contributed by atoms with Gasteiger partial charge in [-0.15, -0.1) is 0 Å². The molecule has 0 spiro atoms. The van der Waals surface area contributed by atoms with Gasteiger partial charge in [0.2, 0.25) is 5.95 Å². The van der Waals surface area contributed by atoms with Gasteiger partial charge in [0, 0.05) is 73.3 Å². The predicted octanol–water partition coefficient (Wildman–Crippen LogP) is 5.70. The third-order valence-corrected chi connectivity index (χ3v) is 7.99. The van der Waals surface area contributed by atoms with Crippen LogP contribution in [0.3, 0.4) is 0 Å². The number of nitrogens with zero attached hydrogens (tertiary/aromatic N) is 6. The molecule has 0 bridgehead atoms. The molecule has 2 fully saturated rings. The molecule has 10 nitrogen and oxygen atoms in total. The van der Waals surface area contributed by atoms with Gasteiger partial charge in [0.05, 0.1) is 5.56 Å². The summed E-state index contributed by atoms with van der Waals surface area (Å²) < 4.78 is 43.4. The quantitative estimate of drug-likeness (QED) is 0.223. The molecule has 1 saturated heterocycles. The smallest absolute Gasteiger partial charge is 0.369 e. The van der Waals surface area contributed by atoms with Gasteiger partial charge in [-0.2, -0.15) is 13.2 Å². The molecule has 4 aromatic rings. The fraction of sp³-hybridized carbons (Fsp3) is 0.355. The summed E-state index contributed by atoms with van der Waals surface area (Å²) in [4.78, 5) is 30.7. The lowest BCUT2D eigenvalue weighted by Crippen LogP contribution is -2.46. The van der Waals surface area contributed by atoms with Gasteiger partial charge in [-0.05, 0) is 62.2 Å². The van der Waals surface area contributed by atoms with E-state index in [0.717, 1.165) is 50.4 Å². The number of anilines is 5. The van der Waals surface area contributed by atoms with Crippen molar-refractivity contribution in [2.75, 3.05) is 53.6 Å². The van der Waals surface area contributed by atoms with E-state index in [9.17, 15) is 18.0 Å². The Morgan fingerprint density at radius 2 is 1.77 bits per heavy atom. The van der Waals surface area contributed by atoms with Crippen LogP contribution in [0.5, 0.6) is 0 Å². The number of aromatic nitrogens is 4. The van der Waals surface area contributed by atoms with Gasteiger partial charge in [-0.1, -0.05) is 13.0 Å². The van der Waals surface area contributed by atoms with Gasteiger partial charge < -0.3 is 25.8 Å². The number of likely N-dealkylation sites (N-methyl/N-ethyl adjacent to an activating group) is 1. The van der Waals surface area contributed by atoms with Crippen LogP contribution in [0.15, 0.2) is 61.2 Å². The van der Waals surface area contributed by atoms with Gasteiger partial charge in [-0.3, -0.25) is 9.36 Å². The molecule has 0 radical (unpaired) electrons. The molecule has 2 aliphatic rings. The average molecular weight is 606 g/mol. The Morgan fingerprint density at radius 1 is 1.00 bits per heavy atom. The predicted molar refractivity (Wildman–Crippen MR) is 164 cm³/mol. The first-order valence-electron chi connectivity index (χ1n) is 14.7. The van der Waals surface area contributed by atoms with E-state index < -0.39 is 17.6 Å². The Labute approximate surface area is 253 Å². The van der Waals surface area contributed by atoms with Crippen molar-refractivity contribution in [2.45, 2.75) is 38.9 Å². The minimum atomic E-state index is -4.59. The van der Waals surface area contributed by atoms with Crippen LogP contribution in [0.2, 0.25) is 0 Å². The normalized spacial score (nSPS) is 15.7. The Morgan fingerprint density at radius 3 is 2.50 bits per heavy atom. The lowest BCUT2D eigenvalue weighted by molar-refractivity contribution is -0.137.